The van der Waals surface area contributed by atoms with Crippen LogP contribution in [-0.4, -0.2) is 30.1 Å². The van der Waals surface area contributed by atoms with Gasteiger partial charge in [-0.05, 0) is 30.3 Å². The van der Waals surface area contributed by atoms with Gasteiger partial charge in [-0.25, -0.2) is 4.98 Å². The molecule has 0 aliphatic rings. The molecule has 3 aromatic rings. The number of carbonyl (C=O) groups excluding carboxylic acids is 1. The molecule has 0 aliphatic carbocycles. The van der Waals surface area contributed by atoms with Gasteiger partial charge in [-0.1, -0.05) is 11.6 Å². The summed E-state index contributed by atoms with van der Waals surface area (Å²) in [5, 5.41) is 5.44. The van der Waals surface area contributed by atoms with Crippen molar-refractivity contribution < 1.29 is 14.3 Å². The van der Waals surface area contributed by atoms with E-state index in [-0.39, 0.29) is 11.6 Å². The first-order valence-electron chi connectivity index (χ1n) is 7.21. The molecule has 3 rings (SSSR count). The van der Waals surface area contributed by atoms with E-state index >= 15 is 0 Å². The number of nitrogens with one attached hydrogen (secondary N) is 1. The van der Waals surface area contributed by atoms with Crippen molar-refractivity contribution in [3.8, 4) is 22.8 Å². The van der Waals surface area contributed by atoms with Crippen LogP contribution >= 0.6 is 22.9 Å². The molecule has 2 aromatic heterocycles. The molecule has 0 atom stereocenters. The van der Waals surface area contributed by atoms with E-state index in [1.807, 2.05) is 23.6 Å². The van der Waals surface area contributed by atoms with Crippen molar-refractivity contribution in [1.29, 1.82) is 0 Å². The van der Waals surface area contributed by atoms with Crippen LogP contribution in [0.5, 0.6) is 11.5 Å². The lowest BCUT2D eigenvalue weighted by Crippen LogP contribution is -2.13. The first-order valence-corrected chi connectivity index (χ1v) is 8.47. The van der Waals surface area contributed by atoms with Gasteiger partial charge in [0, 0.05) is 22.2 Å². The fraction of sp³-hybridized carbons (Fsp3) is 0.118. The Balaban J connectivity index is 1.84. The molecule has 1 N–H and O–H groups in total. The Labute approximate surface area is 153 Å². The molecule has 8 heteroatoms. The minimum Gasteiger partial charge on any atom is -0.497 e. The number of methoxy groups -OCH3 is 2. The van der Waals surface area contributed by atoms with Gasteiger partial charge >= 0.3 is 0 Å². The zero-order valence-corrected chi connectivity index (χ0v) is 15.0. The summed E-state index contributed by atoms with van der Waals surface area (Å²) in [7, 11) is 3.18. The van der Waals surface area contributed by atoms with Gasteiger partial charge < -0.3 is 9.47 Å². The molecule has 0 aliphatic heterocycles. The molecular weight excluding hydrogens is 362 g/mol. The molecular formula is C17H14ClN3O3S. The van der Waals surface area contributed by atoms with Gasteiger partial charge in [0.25, 0.3) is 5.91 Å². The minimum atomic E-state index is -0.374. The first kappa shape index (κ1) is 17.2. The van der Waals surface area contributed by atoms with E-state index in [0.717, 1.165) is 5.56 Å². The largest absolute Gasteiger partial charge is 0.497 e. The maximum Gasteiger partial charge on any atom is 0.276 e. The van der Waals surface area contributed by atoms with Crippen LogP contribution in [0.3, 0.4) is 0 Å². The molecule has 128 valence electrons. The zero-order chi connectivity index (χ0) is 17.8. The van der Waals surface area contributed by atoms with E-state index in [0.29, 0.717) is 27.3 Å². The van der Waals surface area contributed by atoms with E-state index < -0.39 is 0 Å². The lowest BCUT2D eigenvalue weighted by atomic mass is 10.1. The van der Waals surface area contributed by atoms with Crippen LogP contribution in [0.15, 0.2) is 41.9 Å². The Morgan fingerprint density at radius 2 is 2.04 bits per heavy atom. The van der Waals surface area contributed by atoms with Crippen LogP contribution in [0.4, 0.5) is 5.13 Å². The van der Waals surface area contributed by atoms with E-state index in [2.05, 4.69) is 15.3 Å². The molecule has 0 fully saturated rings. The van der Waals surface area contributed by atoms with Crippen molar-refractivity contribution in [2.45, 2.75) is 0 Å². The predicted molar refractivity (Wildman–Crippen MR) is 97.9 cm³/mol. The van der Waals surface area contributed by atoms with Gasteiger partial charge in [-0.15, -0.1) is 11.3 Å². The Kier molecular flexibility index (Phi) is 5.16. The van der Waals surface area contributed by atoms with Gasteiger partial charge in [0.05, 0.1) is 19.9 Å². The highest BCUT2D eigenvalue weighted by atomic mass is 35.5. The molecule has 6 nitrogen and oxygen atoms in total. The third-order valence-electron chi connectivity index (χ3n) is 3.36. The van der Waals surface area contributed by atoms with Gasteiger partial charge in [-0.3, -0.25) is 15.1 Å². The molecule has 1 aromatic carbocycles. The number of benzene rings is 1. The highest BCUT2D eigenvalue weighted by Crippen LogP contribution is 2.35. The quantitative estimate of drug-likeness (QED) is 0.725. The number of ether oxygens (including phenoxy) is 2. The Morgan fingerprint density at radius 3 is 2.76 bits per heavy atom. The van der Waals surface area contributed by atoms with Crippen LogP contribution in [0.2, 0.25) is 5.02 Å². The van der Waals surface area contributed by atoms with Crippen LogP contribution in [0.25, 0.3) is 11.3 Å². The molecule has 2 heterocycles. The number of hydrogen-bond acceptors (Lipinski definition) is 6. The Bertz CT molecular complexity index is 914. The summed E-state index contributed by atoms with van der Waals surface area (Å²) in [5.74, 6) is 0.985. The molecule has 0 saturated carbocycles. The number of carbonyl (C=O) groups is 1. The van der Waals surface area contributed by atoms with Gasteiger partial charge in [0.15, 0.2) is 5.13 Å². The lowest BCUT2D eigenvalue weighted by molar-refractivity contribution is 0.102. The fourth-order valence-electron chi connectivity index (χ4n) is 2.16. The summed E-state index contributed by atoms with van der Waals surface area (Å²) in [5.41, 5.74) is 1.68. The smallest absolute Gasteiger partial charge is 0.276 e. The third-order valence-corrected chi connectivity index (χ3v) is 4.35. The zero-order valence-electron chi connectivity index (χ0n) is 13.4. The SMILES string of the molecule is COc1ccc(OC)c(-c2csc(NC(=O)c3cc(Cl)ccn3)n2)c1. The van der Waals surface area contributed by atoms with E-state index in [1.54, 1.807) is 20.3 Å². The van der Waals surface area contributed by atoms with E-state index in [9.17, 15) is 4.79 Å². The number of pyridine rings is 1. The Morgan fingerprint density at radius 1 is 1.20 bits per heavy atom. The average molecular weight is 376 g/mol. The average Bonchev–Trinajstić information content (AvgIpc) is 3.09. The predicted octanol–water partition coefficient (Wildman–Crippen LogP) is 4.13. The van der Waals surface area contributed by atoms with Crippen molar-refractivity contribution in [2.75, 3.05) is 19.5 Å². The summed E-state index contributed by atoms with van der Waals surface area (Å²) < 4.78 is 10.6. The van der Waals surface area contributed by atoms with Crippen molar-refractivity contribution in [2.24, 2.45) is 0 Å². The van der Waals surface area contributed by atoms with Crippen molar-refractivity contribution in [3.05, 3.63) is 52.6 Å². The molecule has 0 bridgehead atoms. The first-order chi connectivity index (χ1) is 12.1. The number of anilines is 1. The summed E-state index contributed by atoms with van der Waals surface area (Å²) in [6.07, 6.45) is 1.48. The van der Waals surface area contributed by atoms with Crippen LogP contribution in [0.1, 0.15) is 10.5 Å². The lowest BCUT2D eigenvalue weighted by Gasteiger charge is -2.08. The summed E-state index contributed by atoms with van der Waals surface area (Å²) in [6, 6.07) is 8.55. The summed E-state index contributed by atoms with van der Waals surface area (Å²) >= 11 is 7.18. The minimum absolute atomic E-state index is 0.225. The monoisotopic (exact) mass is 375 g/mol. The van der Waals surface area contributed by atoms with Gasteiger partial charge in [0.1, 0.15) is 17.2 Å². The third kappa shape index (κ3) is 3.89. The maximum absolute atomic E-state index is 12.2. The van der Waals surface area contributed by atoms with Crippen LogP contribution in [0, 0.1) is 0 Å². The number of aromatic nitrogens is 2. The standard InChI is InChI=1S/C17H14ClN3O3S/c1-23-11-3-4-15(24-2)12(8-11)14-9-25-17(20-14)21-16(22)13-7-10(18)5-6-19-13/h3-9H,1-2H3,(H,20,21,22). The second-order valence-electron chi connectivity index (χ2n) is 4.92. The number of nitrogens with zero attached hydrogens (tertiary/aromatic N) is 2. The summed E-state index contributed by atoms with van der Waals surface area (Å²) in [4.78, 5) is 20.7. The molecule has 25 heavy (non-hydrogen) atoms. The second-order valence-corrected chi connectivity index (χ2v) is 6.21. The van der Waals surface area contributed by atoms with Crippen molar-refractivity contribution in [1.82, 2.24) is 9.97 Å². The number of amides is 1. The summed E-state index contributed by atoms with van der Waals surface area (Å²) in [6.45, 7) is 0. The van der Waals surface area contributed by atoms with Crippen LogP contribution < -0.4 is 14.8 Å². The van der Waals surface area contributed by atoms with Gasteiger partial charge in [0.2, 0.25) is 0 Å². The number of thiazole rings is 1. The van der Waals surface area contributed by atoms with Crippen molar-refractivity contribution in [3.63, 3.8) is 0 Å². The second kappa shape index (κ2) is 7.50. The van der Waals surface area contributed by atoms with E-state index in [4.69, 9.17) is 21.1 Å². The van der Waals surface area contributed by atoms with Crippen molar-refractivity contribution >= 4 is 34.0 Å². The topological polar surface area (TPSA) is 73.3 Å². The fourth-order valence-corrected chi connectivity index (χ4v) is 3.02. The molecule has 0 spiro atoms. The molecule has 0 saturated heterocycles. The Hall–Kier alpha value is -2.64. The highest BCUT2D eigenvalue weighted by Gasteiger charge is 2.14. The van der Waals surface area contributed by atoms with Gasteiger partial charge in [-0.2, -0.15) is 0 Å². The van der Waals surface area contributed by atoms with E-state index in [1.165, 1.54) is 23.6 Å². The number of hydrogen-bond donors (Lipinski definition) is 1. The maximum atomic E-state index is 12.2. The number of rotatable bonds is 5. The molecule has 1 amide bonds. The normalized spacial score (nSPS) is 10.4. The highest BCUT2D eigenvalue weighted by molar-refractivity contribution is 7.14. The number of halogens is 1. The van der Waals surface area contributed by atoms with Crippen LogP contribution in [-0.2, 0) is 0 Å². The molecule has 0 radical (unpaired) electrons. The molecule has 0 unspecified atom stereocenters.